The number of cyclic esters (lactones) is 1. The molecule has 3 aromatic rings. The largest absolute Gasteiger partial charge is 0.466 e. The van der Waals surface area contributed by atoms with Crippen LogP contribution in [0.5, 0.6) is 0 Å². The highest BCUT2D eigenvalue weighted by Gasteiger charge is 2.43. The summed E-state index contributed by atoms with van der Waals surface area (Å²) < 4.78 is 10.3. The van der Waals surface area contributed by atoms with E-state index in [0.29, 0.717) is 11.3 Å². The lowest BCUT2D eigenvalue weighted by atomic mass is 9.76. The standard InChI is InChI=1S/C27H25NO4/c1-19(25(29)31-2)24-18-23(26(30)32-24)28-27(20-12-6-3-7-13-20,21-14-8-4-9-15-21)22-16-10-5-11-17-22/h3-17,23,28H,18H2,1-2H3/b24-19+/t23-/m0/s1. The summed E-state index contributed by atoms with van der Waals surface area (Å²) in [5.41, 5.74) is 2.48. The first-order valence-corrected chi connectivity index (χ1v) is 10.5. The van der Waals surface area contributed by atoms with E-state index in [9.17, 15) is 9.59 Å². The molecule has 1 aliphatic rings. The molecule has 0 spiro atoms. The Kier molecular flexibility index (Phi) is 6.19. The summed E-state index contributed by atoms with van der Waals surface area (Å²) in [4.78, 5) is 24.9. The number of esters is 2. The fourth-order valence-electron chi connectivity index (χ4n) is 4.19. The van der Waals surface area contributed by atoms with Crippen LogP contribution >= 0.6 is 0 Å². The molecular weight excluding hydrogens is 402 g/mol. The summed E-state index contributed by atoms with van der Waals surface area (Å²) in [6.45, 7) is 1.61. The van der Waals surface area contributed by atoms with Crippen molar-refractivity contribution in [2.45, 2.75) is 24.9 Å². The van der Waals surface area contributed by atoms with Gasteiger partial charge in [-0.3, -0.25) is 5.32 Å². The maximum absolute atomic E-state index is 12.9. The molecule has 0 aliphatic carbocycles. The Labute approximate surface area is 187 Å². The predicted octanol–water partition coefficient (Wildman–Crippen LogP) is 4.33. The molecule has 1 saturated heterocycles. The fraction of sp³-hybridized carbons (Fsp3) is 0.185. The van der Waals surface area contributed by atoms with Gasteiger partial charge in [0.1, 0.15) is 11.8 Å². The molecule has 1 N–H and O–H groups in total. The van der Waals surface area contributed by atoms with Gasteiger partial charge in [-0.2, -0.15) is 0 Å². The van der Waals surface area contributed by atoms with Gasteiger partial charge >= 0.3 is 11.9 Å². The van der Waals surface area contributed by atoms with Gasteiger partial charge in [0.05, 0.1) is 18.2 Å². The summed E-state index contributed by atoms with van der Waals surface area (Å²) in [5, 5.41) is 3.61. The summed E-state index contributed by atoms with van der Waals surface area (Å²) >= 11 is 0. The molecule has 0 saturated carbocycles. The third kappa shape index (κ3) is 3.95. The number of carbonyl (C=O) groups is 2. The van der Waals surface area contributed by atoms with E-state index in [4.69, 9.17) is 9.47 Å². The smallest absolute Gasteiger partial charge is 0.336 e. The number of hydrogen-bond acceptors (Lipinski definition) is 5. The number of benzene rings is 3. The second-order valence-corrected chi connectivity index (χ2v) is 7.71. The van der Waals surface area contributed by atoms with Gasteiger partial charge in [-0.1, -0.05) is 91.0 Å². The van der Waals surface area contributed by atoms with Crippen LogP contribution in [0.1, 0.15) is 30.0 Å². The number of rotatable bonds is 6. The van der Waals surface area contributed by atoms with Gasteiger partial charge in [0.2, 0.25) is 0 Å². The Hall–Kier alpha value is -3.70. The topological polar surface area (TPSA) is 64.6 Å². The number of ether oxygens (including phenoxy) is 2. The first-order chi connectivity index (χ1) is 15.6. The number of methoxy groups -OCH3 is 1. The van der Waals surface area contributed by atoms with E-state index in [1.54, 1.807) is 6.92 Å². The van der Waals surface area contributed by atoms with E-state index in [-0.39, 0.29) is 6.42 Å². The number of hydrogen-bond donors (Lipinski definition) is 1. The van der Waals surface area contributed by atoms with Crippen molar-refractivity contribution >= 4 is 11.9 Å². The van der Waals surface area contributed by atoms with Gasteiger partial charge in [0.25, 0.3) is 0 Å². The molecule has 0 bridgehead atoms. The lowest BCUT2D eigenvalue weighted by Crippen LogP contribution is -2.51. The molecule has 1 atom stereocenters. The highest BCUT2D eigenvalue weighted by molar-refractivity contribution is 5.90. The molecule has 3 aromatic carbocycles. The lowest BCUT2D eigenvalue weighted by Gasteiger charge is -2.38. The van der Waals surface area contributed by atoms with E-state index >= 15 is 0 Å². The maximum atomic E-state index is 12.9. The van der Waals surface area contributed by atoms with Crippen molar-refractivity contribution in [3.8, 4) is 0 Å². The van der Waals surface area contributed by atoms with E-state index in [2.05, 4.69) is 5.32 Å². The monoisotopic (exact) mass is 427 g/mol. The van der Waals surface area contributed by atoms with Crippen LogP contribution < -0.4 is 5.32 Å². The van der Waals surface area contributed by atoms with Gasteiger partial charge < -0.3 is 9.47 Å². The molecule has 0 aromatic heterocycles. The Morgan fingerprint density at radius 3 is 1.72 bits per heavy atom. The summed E-state index contributed by atoms with van der Waals surface area (Å²) in [7, 11) is 1.31. The minimum atomic E-state index is -0.803. The molecule has 32 heavy (non-hydrogen) atoms. The van der Waals surface area contributed by atoms with Crippen molar-refractivity contribution < 1.29 is 19.1 Å². The van der Waals surface area contributed by atoms with E-state index in [1.165, 1.54) is 7.11 Å². The van der Waals surface area contributed by atoms with Gasteiger partial charge in [-0.15, -0.1) is 0 Å². The molecule has 4 rings (SSSR count). The molecule has 1 fully saturated rings. The van der Waals surface area contributed by atoms with Gasteiger partial charge in [0, 0.05) is 6.42 Å². The molecule has 5 nitrogen and oxygen atoms in total. The zero-order chi connectivity index (χ0) is 22.6. The normalized spacial score (nSPS) is 17.6. The summed E-state index contributed by atoms with van der Waals surface area (Å²) in [6.07, 6.45) is 0.258. The van der Waals surface area contributed by atoms with Crippen LogP contribution in [-0.2, 0) is 24.6 Å². The quantitative estimate of drug-likeness (QED) is 0.360. The van der Waals surface area contributed by atoms with Crippen LogP contribution in [0.4, 0.5) is 0 Å². The zero-order valence-electron chi connectivity index (χ0n) is 18.1. The SMILES string of the molecule is COC(=O)/C(C)=C1\C[C@H](NC(c2ccccc2)(c2ccccc2)c2ccccc2)C(=O)O1. The molecule has 5 heteroatoms. The van der Waals surface area contributed by atoms with Gasteiger partial charge in [0.15, 0.2) is 0 Å². The fourth-order valence-corrected chi connectivity index (χ4v) is 4.19. The Bertz CT molecular complexity index is 1030. The minimum Gasteiger partial charge on any atom is -0.466 e. The van der Waals surface area contributed by atoms with Crippen molar-refractivity contribution in [1.29, 1.82) is 0 Å². The third-order valence-electron chi connectivity index (χ3n) is 5.82. The third-order valence-corrected chi connectivity index (χ3v) is 5.82. The van der Waals surface area contributed by atoms with Crippen LogP contribution in [0.25, 0.3) is 0 Å². The average molecular weight is 428 g/mol. The summed E-state index contributed by atoms with van der Waals surface area (Å²) in [5.74, 6) is -0.591. The van der Waals surface area contributed by atoms with Gasteiger partial charge in [-0.05, 0) is 23.6 Å². The van der Waals surface area contributed by atoms with Crippen molar-refractivity contribution in [2.24, 2.45) is 0 Å². The van der Waals surface area contributed by atoms with E-state index < -0.39 is 23.5 Å². The molecule has 0 unspecified atom stereocenters. The van der Waals surface area contributed by atoms with Crippen LogP contribution in [-0.4, -0.2) is 25.1 Å². The summed E-state index contributed by atoms with van der Waals surface area (Å²) in [6, 6.07) is 29.4. The zero-order valence-corrected chi connectivity index (χ0v) is 18.1. The van der Waals surface area contributed by atoms with Gasteiger partial charge in [-0.25, -0.2) is 9.59 Å². The lowest BCUT2D eigenvalue weighted by molar-refractivity contribution is -0.138. The maximum Gasteiger partial charge on any atom is 0.336 e. The minimum absolute atomic E-state index is 0.258. The Balaban J connectivity index is 1.86. The molecule has 1 aliphatic heterocycles. The molecule has 0 radical (unpaired) electrons. The van der Waals surface area contributed by atoms with Crippen LogP contribution in [0, 0.1) is 0 Å². The van der Waals surface area contributed by atoms with Crippen LogP contribution in [0.3, 0.4) is 0 Å². The van der Waals surface area contributed by atoms with Crippen LogP contribution in [0.15, 0.2) is 102 Å². The van der Waals surface area contributed by atoms with Crippen molar-refractivity contribution in [2.75, 3.05) is 7.11 Å². The molecular formula is C27H25NO4. The molecule has 1 heterocycles. The molecule has 162 valence electrons. The van der Waals surface area contributed by atoms with E-state index in [0.717, 1.165) is 16.7 Å². The number of nitrogens with one attached hydrogen (secondary N) is 1. The Morgan fingerprint density at radius 1 is 0.875 bits per heavy atom. The predicted molar refractivity (Wildman–Crippen MR) is 122 cm³/mol. The number of carbonyl (C=O) groups excluding carboxylic acids is 2. The second-order valence-electron chi connectivity index (χ2n) is 7.71. The Morgan fingerprint density at radius 2 is 1.31 bits per heavy atom. The van der Waals surface area contributed by atoms with E-state index in [1.807, 2.05) is 91.0 Å². The highest BCUT2D eigenvalue weighted by Crippen LogP contribution is 2.38. The van der Waals surface area contributed by atoms with Crippen molar-refractivity contribution in [3.05, 3.63) is 119 Å². The van der Waals surface area contributed by atoms with Crippen molar-refractivity contribution in [3.63, 3.8) is 0 Å². The second kappa shape index (κ2) is 9.20. The average Bonchev–Trinajstić information content (AvgIpc) is 3.23. The van der Waals surface area contributed by atoms with Crippen LogP contribution in [0.2, 0.25) is 0 Å². The first-order valence-electron chi connectivity index (χ1n) is 10.5. The highest BCUT2D eigenvalue weighted by atomic mass is 16.6. The van der Waals surface area contributed by atoms with Crippen molar-refractivity contribution in [1.82, 2.24) is 5.32 Å². The molecule has 0 amide bonds. The first kappa shape index (κ1) is 21.5.